The summed E-state index contributed by atoms with van der Waals surface area (Å²) in [6.07, 6.45) is 8.65. The Morgan fingerprint density at radius 2 is 1.73 bits per heavy atom. The van der Waals surface area contributed by atoms with Gasteiger partial charge in [0.15, 0.2) is 5.15 Å². The van der Waals surface area contributed by atoms with Crippen LogP contribution in [0.4, 0.5) is 0 Å². The van der Waals surface area contributed by atoms with E-state index in [2.05, 4.69) is 62.3 Å². The molecule has 5 heteroatoms. The first kappa shape index (κ1) is 26.2. The smallest absolute Gasteiger partial charge is 0.152 e. The van der Waals surface area contributed by atoms with Crippen LogP contribution in [0.15, 0.2) is 18.2 Å². The molecule has 2 aromatic rings. The zero-order valence-corrected chi connectivity index (χ0v) is 22.2. The lowest BCUT2D eigenvalue weighted by Crippen LogP contribution is -2.37. The summed E-state index contributed by atoms with van der Waals surface area (Å²) in [5.74, 6) is 1.67. The summed E-state index contributed by atoms with van der Waals surface area (Å²) in [6, 6.07) is 6.52. The molecule has 1 fully saturated rings. The second-order valence-corrected chi connectivity index (χ2v) is 11.3. The van der Waals surface area contributed by atoms with Gasteiger partial charge in [-0.3, -0.25) is 4.90 Å². The molecule has 1 aliphatic carbocycles. The Balaban J connectivity index is 2.00. The van der Waals surface area contributed by atoms with Crippen molar-refractivity contribution in [3.63, 3.8) is 0 Å². The Morgan fingerprint density at radius 1 is 1.09 bits per heavy atom. The molecule has 0 amide bonds. The molecule has 33 heavy (non-hydrogen) atoms. The van der Waals surface area contributed by atoms with E-state index in [4.69, 9.17) is 16.6 Å². The van der Waals surface area contributed by atoms with Crippen LogP contribution in [0.2, 0.25) is 5.15 Å². The molecule has 1 heterocycles. The van der Waals surface area contributed by atoms with E-state index < -0.39 is 0 Å². The first-order valence-corrected chi connectivity index (χ1v) is 13.3. The lowest BCUT2D eigenvalue weighted by molar-refractivity contribution is 0.140. The van der Waals surface area contributed by atoms with Gasteiger partial charge in [0.2, 0.25) is 0 Å². The average molecular weight is 474 g/mol. The zero-order chi connectivity index (χ0) is 24.0. The third kappa shape index (κ3) is 6.83. The molecule has 1 saturated carbocycles. The Kier molecular flexibility index (Phi) is 9.43. The van der Waals surface area contributed by atoms with Gasteiger partial charge in [-0.15, -0.1) is 0 Å². The highest BCUT2D eigenvalue weighted by molar-refractivity contribution is 6.30. The third-order valence-corrected chi connectivity index (χ3v) is 7.18. The predicted molar refractivity (Wildman–Crippen MR) is 140 cm³/mol. The fourth-order valence-electron chi connectivity index (χ4n) is 5.47. The van der Waals surface area contributed by atoms with Gasteiger partial charge in [-0.05, 0) is 48.1 Å². The van der Waals surface area contributed by atoms with Crippen molar-refractivity contribution in [2.45, 2.75) is 92.7 Å². The molecule has 0 radical (unpaired) electrons. The fraction of sp³-hybridized carbons (Fsp3) is 0.679. The number of rotatable bonds is 10. The van der Waals surface area contributed by atoms with Crippen molar-refractivity contribution in [1.29, 1.82) is 0 Å². The van der Waals surface area contributed by atoms with Crippen molar-refractivity contribution in [3.05, 3.63) is 40.2 Å². The standard InChI is InChI=1S/C28H44ClN3O/c1-6-22-14-11-15-23(7-2)25(22)27-30-26(29)24(32(27)16-17-33)19-31(20-28(3,4)5)18-21-12-9-8-10-13-21/h11,14-15,21,33H,6-10,12-13,16-20H2,1-5H3. The van der Waals surface area contributed by atoms with Crippen LogP contribution in [0.5, 0.6) is 0 Å². The lowest BCUT2D eigenvalue weighted by Gasteiger charge is -2.34. The third-order valence-electron chi connectivity index (χ3n) is 6.88. The lowest BCUT2D eigenvalue weighted by atomic mass is 9.88. The zero-order valence-electron chi connectivity index (χ0n) is 21.5. The van der Waals surface area contributed by atoms with Crippen LogP contribution < -0.4 is 0 Å². The van der Waals surface area contributed by atoms with E-state index in [-0.39, 0.29) is 12.0 Å². The SMILES string of the molecule is CCc1cccc(CC)c1-c1nc(Cl)c(CN(CC2CCCCC2)CC(C)(C)C)n1CCO. The van der Waals surface area contributed by atoms with Crippen molar-refractivity contribution in [3.8, 4) is 11.4 Å². The van der Waals surface area contributed by atoms with E-state index in [1.807, 2.05) is 0 Å². The number of hydrogen-bond acceptors (Lipinski definition) is 3. The minimum absolute atomic E-state index is 0.0737. The molecule has 0 saturated heterocycles. The van der Waals surface area contributed by atoms with Gasteiger partial charge in [-0.2, -0.15) is 0 Å². The number of aliphatic hydroxyl groups excluding tert-OH is 1. The van der Waals surface area contributed by atoms with Crippen molar-refractivity contribution in [1.82, 2.24) is 14.5 Å². The van der Waals surface area contributed by atoms with Gasteiger partial charge in [0.05, 0.1) is 12.3 Å². The van der Waals surface area contributed by atoms with Crippen molar-refractivity contribution < 1.29 is 5.11 Å². The number of aromatic nitrogens is 2. The van der Waals surface area contributed by atoms with Gasteiger partial charge in [0.25, 0.3) is 0 Å². The Hall–Kier alpha value is -1.36. The monoisotopic (exact) mass is 473 g/mol. The number of halogens is 1. The van der Waals surface area contributed by atoms with Gasteiger partial charge >= 0.3 is 0 Å². The van der Waals surface area contributed by atoms with Crippen LogP contribution >= 0.6 is 11.6 Å². The summed E-state index contributed by atoms with van der Waals surface area (Å²) in [6.45, 7) is 14.8. The molecular formula is C28H44ClN3O. The van der Waals surface area contributed by atoms with E-state index in [0.29, 0.717) is 11.7 Å². The summed E-state index contributed by atoms with van der Waals surface area (Å²) in [5, 5.41) is 10.5. The first-order chi connectivity index (χ1) is 15.8. The van der Waals surface area contributed by atoms with Crippen LogP contribution in [0.25, 0.3) is 11.4 Å². The van der Waals surface area contributed by atoms with E-state index in [0.717, 1.165) is 49.9 Å². The first-order valence-electron chi connectivity index (χ1n) is 13.0. The van der Waals surface area contributed by atoms with Gasteiger partial charge in [0.1, 0.15) is 5.82 Å². The maximum absolute atomic E-state index is 9.95. The minimum Gasteiger partial charge on any atom is -0.395 e. The fourth-order valence-corrected chi connectivity index (χ4v) is 5.71. The van der Waals surface area contributed by atoms with Crippen LogP contribution in [-0.4, -0.2) is 39.3 Å². The number of aliphatic hydroxyl groups is 1. The Labute approximate surface area is 206 Å². The predicted octanol–water partition coefficient (Wildman–Crippen LogP) is 6.75. The summed E-state index contributed by atoms with van der Waals surface area (Å²) in [4.78, 5) is 7.49. The van der Waals surface area contributed by atoms with Crippen molar-refractivity contribution >= 4 is 11.6 Å². The minimum atomic E-state index is 0.0737. The topological polar surface area (TPSA) is 41.3 Å². The van der Waals surface area contributed by atoms with Crippen LogP contribution in [0.3, 0.4) is 0 Å². The molecule has 1 N–H and O–H groups in total. The molecule has 0 aliphatic heterocycles. The van der Waals surface area contributed by atoms with E-state index in [1.165, 1.54) is 48.8 Å². The van der Waals surface area contributed by atoms with Gasteiger partial charge in [-0.1, -0.05) is 83.7 Å². The molecule has 4 nitrogen and oxygen atoms in total. The largest absolute Gasteiger partial charge is 0.395 e. The summed E-state index contributed by atoms with van der Waals surface area (Å²) >= 11 is 6.84. The number of aryl methyl sites for hydroxylation is 2. The molecule has 0 unspecified atom stereocenters. The van der Waals surface area contributed by atoms with Crippen molar-refractivity contribution in [2.24, 2.45) is 11.3 Å². The maximum Gasteiger partial charge on any atom is 0.152 e. The quantitative estimate of drug-likeness (QED) is 0.415. The molecular weight excluding hydrogens is 430 g/mol. The van der Waals surface area contributed by atoms with Crippen molar-refractivity contribution in [2.75, 3.05) is 19.7 Å². The molecule has 184 valence electrons. The molecule has 0 atom stereocenters. The van der Waals surface area contributed by atoms with Crippen LogP contribution in [0.1, 0.15) is 83.5 Å². The Morgan fingerprint density at radius 3 is 2.27 bits per heavy atom. The number of benzene rings is 1. The second kappa shape index (κ2) is 11.9. The van der Waals surface area contributed by atoms with Gasteiger partial charge in [0, 0.05) is 31.7 Å². The van der Waals surface area contributed by atoms with Crippen LogP contribution in [0, 0.1) is 11.3 Å². The molecule has 0 bridgehead atoms. The maximum atomic E-state index is 9.95. The summed E-state index contributed by atoms with van der Waals surface area (Å²) in [7, 11) is 0. The second-order valence-electron chi connectivity index (χ2n) is 10.9. The number of hydrogen-bond donors (Lipinski definition) is 1. The number of imidazole rings is 1. The molecule has 1 aromatic heterocycles. The summed E-state index contributed by atoms with van der Waals surface area (Å²) in [5.41, 5.74) is 5.01. The number of nitrogens with zero attached hydrogens (tertiary/aromatic N) is 3. The van der Waals surface area contributed by atoms with Gasteiger partial charge < -0.3 is 9.67 Å². The van der Waals surface area contributed by atoms with Gasteiger partial charge in [-0.25, -0.2) is 4.98 Å². The van der Waals surface area contributed by atoms with E-state index in [1.54, 1.807) is 0 Å². The molecule has 0 spiro atoms. The highest BCUT2D eigenvalue weighted by Gasteiger charge is 2.26. The average Bonchev–Trinajstić information content (AvgIpc) is 3.07. The summed E-state index contributed by atoms with van der Waals surface area (Å²) < 4.78 is 2.19. The highest BCUT2D eigenvalue weighted by Crippen LogP contribution is 2.33. The molecule has 1 aromatic carbocycles. The Bertz CT molecular complexity index is 871. The van der Waals surface area contributed by atoms with E-state index in [9.17, 15) is 5.11 Å². The normalized spacial score (nSPS) is 15.5. The van der Waals surface area contributed by atoms with Crippen LogP contribution in [-0.2, 0) is 25.9 Å². The highest BCUT2D eigenvalue weighted by atomic mass is 35.5. The molecule has 3 rings (SSSR count). The van der Waals surface area contributed by atoms with E-state index >= 15 is 0 Å². The molecule has 1 aliphatic rings.